The summed E-state index contributed by atoms with van der Waals surface area (Å²) in [4.78, 5) is 11.1. The second kappa shape index (κ2) is 6.62. The number of hydrogen-bond acceptors (Lipinski definition) is 4. The molecule has 1 saturated heterocycles. The molecule has 0 radical (unpaired) electrons. The monoisotopic (exact) mass is 315 g/mol. The number of piperidine rings is 1. The van der Waals surface area contributed by atoms with Crippen molar-refractivity contribution >= 4 is 5.95 Å². The summed E-state index contributed by atoms with van der Waals surface area (Å²) in [6.07, 6.45) is 7.42. The van der Waals surface area contributed by atoms with Gasteiger partial charge in [-0.15, -0.1) is 0 Å². The van der Waals surface area contributed by atoms with E-state index < -0.39 is 5.60 Å². The van der Waals surface area contributed by atoms with Crippen LogP contribution in [-0.2, 0) is 5.60 Å². The molecule has 1 aliphatic rings. The van der Waals surface area contributed by atoms with Crippen molar-refractivity contribution in [2.24, 2.45) is 0 Å². The number of rotatable bonds is 4. The van der Waals surface area contributed by atoms with Crippen LogP contribution in [0, 0.1) is 5.82 Å². The predicted molar refractivity (Wildman–Crippen MR) is 87.8 cm³/mol. The average molecular weight is 315 g/mol. The van der Waals surface area contributed by atoms with E-state index in [0.717, 1.165) is 13.1 Å². The SMILES string of the molecule is CCC(O)(c1ccc(F)cc1)c1cnc(N2CCCCC2)nc1. The molecule has 0 spiro atoms. The fourth-order valence-electron chi connectivity index (χ4n) is 3.09. The lowest BCUT2D eigenvalue weighted by Crippen LogP contribution is -2.32. The van der Waals surface area contributed by atoms with Crippen LogP contribution >= 0.6 is 0 Å². The van der Waals surface area contributed by atoms with E-state index >= 15 is 0 Å². The number of aromatic nitrogens is 2. The summed E-state index contributed by atoms with van der Waals surface area (Å²) >= 11 is 0. The van der Waals surface area contributed by atoms with Gasteiger partial charge in [-0.05, 0) is 43.4 Å². The van der Waals surface area contributed by atoms with Gasteiger partial charge in [-0.25, -0.2) is 14.4 Å². The third-order valence-corrected chi connectivity index (χ3v) is 4.59. The van der Waals surface area contributed by atoms with E-state index in [4.69, 9.17) is 0 Å². The van der Waals surface area contributed by atoms with Crippen LogP contribution in [0.5, 0.6) is 0 Å². The molecule has 1 aliphatic heterocycles. The van der Waals surface area contributed by atoms with Crippen molar-refractivity contribution in [3.8, 4) is 0 Å². The molecule has 5 heteroatoms. The minimum atomic E-state index is -1.20. The number of nitrogens with zero attached hydrogens (tertiary/aromatic N) is 3. The highest BCUT2D eigenvalue weighted by Gasteiger charge is 2.30. The average Bonchev–Trinajstić information content (AvgIpc) is 2.62. The molecule has 0 saturated carbocycles. The van der Waals surface area contributed by atoms with Crippen molar-refractivity contribution in [1.29, 1.82) is 0 Å². The summed E-state index contributed by atoms with van der Waals surface area (Å²) < 4.78 is 13.1. The Morgan fingerprint density at radius 1 is 1.04 bits per heavy atom. The van der Waals surface area contributed by atoms with Crippen LogP contribution in [0.1, 0.15) is 43.7 Å². The van der Waals surface area contributed by atoms with Gasteiger partial charge in [0.05, 0.1) is 0 Å². The van der Waals surface area contributed by atoms with Gasteiger partial charge in [0, 0.05) is 31.0 Å². The summed E-state index contributed by atoms with van der Waals surface area (Å²) in [5, 5.41) is 11.0. The van der Waals surface area contributed by atoms with Crippen molar-refractivity contribution in [3.63, 3.8) is 0 Å². The van der Waals surface area contributed by atoms with Crippen LogP contribution in [0.15, 0.2) is 36.7 Å². The second-order valence-corrected chi connectivity index (χ2v) is 6.04. The molecule has 1 aromatic heterocycles. The summed E-state index contributed by atoms with van der Waals surface area (Å²) in [6.45, 7) is 3.85. The maximum Gasteiger partial charge on any atom is 0.225 e. The zero-order chi connectivity index (χ0) is 16.3. The molecule has 1 atom stereocenters. The van der Waals surface area contributed by atoms with Crippen molar-refractivity contribution < 1.29 is 9.50 Å². The molecule has 1 N–H and O–H groups in total. The molecule has 2 aromatic rings. The third kappa shape index (κ3) is 3.20. The molecule has 122 valence electrons. The first-order valence-corrected chi connectivity index (χ1v) is 8.19. The van der Waals surface area contributed by atoms with E-state index in [2.05, 4.69) is 14.9 Å². The minimum Gasteiger partial charge on any atom is -0.380 e. The minimum absolute atomic E-state index is 0.316. The van der Waals surface area contributed by atoms with Crippen LogP contribution in [-0.4, -0.2) is 28.2 Å². The molecule has 4 nitrogen and oxygen atoms in total. The van der Waals surface area contributed by atoms with Crippen molar-refractivity contribution in [2.45, 2.75) is 38.2 Å². The number of hydrogen-bond donors (Lipinski definition) is 1. The molecule has 0 bridgehead atoms. The molecule has 23 heavy (non-hydrogen) atoms. The van der Waals surface area contributed by atoms with Gasteiger partial charge in [0.25, 0.3) is 0 Å². The van der Waals surface area contributed by atoms with E-state index in [1.54, 1.807) is 24.5 Å². The lowest BCUT2D eigenvalue weighted by Gasteiger charge is -2.29. The maximum absolute atomic E-state index is 13.1. The van der Waals surface area contributed by atoms with E-state index in [1.807, 2.05) is 6.92 Å². The summed E-state index contributed by atoms with van der Waals surface area (Å²) in [5.41, 5.74) is 0.0804. The molecular formula is C18H22FN3O. The van der Waals surface area contributed by atoms with Crippen LogP contribution in [0.4, 0.5) is 10.3 Å². The molecule has 3 rings (SSSR count). The highest BCUT2D eigenvalue weighted by atomic mass is 19.1. The molecule has 0 amide bonds. The normalized spacial score (nSPS) is 17.8. The Hall–Kier alpha value is -2.01. The van der Waals surface area contributed by atoms with Gasteiger partial charge < -0.3 is 10.0 Å². The molecule has 0 aliphatic carbocycles. The molecule has 1 unspecified atom stereocenters. The first-order chi connectivity index (χ1) is 11.1. The Morgan fingerprint density at radius 3 is 2.22 bits per heavy atom. The number of benzene rings is 1. The first kappa shape index (κ1) is 15.9. The number of aliphatic hydroxyl groups is 1. The first-order valence-electron chi connectivity index (χ1n) is 8.19. The largest absolute Gasteiger partial charge is 0.380 e. The zero-order valence-corrected chi connectivity index (χ0v) is 13.4. The molecule has 1 aromatic carbocycles. The highest BCUT2D eigenvalue weighted by Crippen LogP contribution is 2.32. The summed E-state index contributed by atoms with van der Waals surface area (Å²) in [7, 11) is 0. The highest BCUT2D eigenvalue weighted by molar-refractivity contribution is 5.37. The Labute approximate surface area is 136 Å². The van der Waals surface area contributed by atoms with E-state index in [-0.39, 0.29) is 5.82 Å². The van der Waals surface area contributed by atoms with Crippen molar-refractivity contribution in [1.82, 2.24) is 9.97 Å². The van der Waals surface area contributed by atoms with Gasteiger partial charge in [-0.3, -0.25) is 0 Å². The molecule has 2 heterocycles. The summed E-state index contributed by atoms with van der Waals surface area (Å²) in [6, 6.07) is 5.94. The lowest BCUT2D eigenvalue weighted by molar-refractivity contribution is 0.0757. The Balaban J connectivity index is 1.87. The Morgan fingerprint density at radius 2 is 1.65 bits per heavy atom. The Kier molecular flexibility index (Phi) is 4.57. The van der Waals surface area contributed by atoms with Crippen LogP contribution in [0.2, 0.25) is 0 Å². The zero-order valence-electron chi connectivity index (χ0n) is 13.4. The summed E-state index contributed by atoms with van der Waals surface area (Å²) in [5.74, 6) is 0.398. The van der Waals surface area contributed by atoms with Gasteiger partial charge >= 0.3 is 0 Å². The number of anilines is 1. The van der Waals surface area contributed by atoms with Crippen LogP contribution < -0.4 is 4.90 Å². The fourth-order valence-corrected chi connectivity index (χ4v) is 3.09. The van der Waals surface area contributed by atoms with Gasteiger partial charge in [0.1, 0.15) is 11.4 Å². The predicted octanol–water partition coefficient (Wildman–Crippen LogP) is 3.25. The van der Waals surface area contributed by atoms with Crippen molar-refractivity contribution in [2.75, 3.05) is 18.0 Å². The van der Waals surface area contributed by atoms with Gasteiger partial charge in [0.15, 0.2) is 0 Å². The maximum atomic E-state index is 13.1. The second-order valence-electron chi connectivity index (χ2n) is 6.04. The van der Waals surface area contributed by atoms with Gasteiger partial charge in [-0.2, -0.15) is 0 Å². The number of halogens is 1. The van der Waals surface area contributed by atoms with E-state index in [1.165, 1.54) is 31.4 Å². The smallest absolute Gasteiger partial charge is 0.225 e. The van der Waals surface area contributed by atoms with E-state index in [0.29, 0.717) is 23.5 Å². The van der Waals surface area contributed by atoms with Gasteiger partial charge in [0.2, 0.25) is 5.95 Å². The third-order valence-electron chi connectivity index (χ3n) is 4.59. The van der Waals surface area contributed by atoms with Gasteiger partial charge in [-0.1, -0.05) is 19.1 Å². The van der Waals surface area contributed by atoms with Crippen molar-refractivity contribution in [3.05, 3.63) is 53.6 Å². The quantitative estimate of drug-likeness (QED) is 0.941. The standard InChI is InChI=1S/C18H22FN3O/c1-2-18(23,14-6-8-16(19)9-7-14)15-12-20-17(21-13-15)22-10-4-3-5-11-22/h6-9,12-13,23H,2-5,10-11H2,1H3. The fraction of sp³-hybridized carbons (Fsp3) is 0.444. The van der Waals surface area contributed by atoms with Crippen LogP contribution in [0.3, 0.4) is 0 Å². The molecule has 1 fully saturated rings. The Bertz CT molecular complexity index is 638. The lowest BCUT2D eigenvalue weighted by atomic mass is 9.86. The van der Waals surface area contributed by atoms with Crippen LogP contribution in [0.25, 0.3) is 0 Å². The topological polar surface area (TPSA) is 49.3 Å². The molecular weight excluding hydrogens is 293 g/mol. The van der Waals surface area contributed by atoms with E-state index in [9.17, 15) is 9.50 Å².